The highest BCUT2D eigenvalue weighted by Crippen LogP contribution is 2.25. The van der Waals surface area contributed by atoms with Gasteiger partial charge in [-0.2, -0.15) is 0 Å². The number of rotatable bonds is 6. The summed E-state index contributed by atoms with van der Waals surface area (Å²) >= 11 is 0. The van der Waals surface area contributed by atoms with Gasteiger partial charge in [-0.25, -0.2) is 0 Å². The Morgan fingerprint density at radius 2 is 2.00 bits per heavy atom. The number of carbonyl (C=O) groups is 1. The number of amides is 1. The van der Waals surface area contributed by atoms with Crippen molar-refractivity contribution in [2.24, 2.45) is 0 Å². The summed E-state index contributed by atoms with van der Waals surface area (Å²) in [5.41, 5.74) is 0.679. The first kappa shape index (κ1) is 21.1. The Bertz CT molecular complexity index is 827. The van der Waals surface area contributed by atoms with Crippen molar-refractivity contribution in [3.63, 3.8) is 0 Å². The molecule has 0 saturated carbocycles. The number of benzene rings is 1. The second-order valence-corrected chi connectivity index (χ2v) is 7.82. The number of ether oxygens (including phenoxy) is 1. The van der Waals surface area contributed by atoms with Crippen molar-refractivity contribution in [3.05, 3.63) is 53.9 Å². The van der Waals surface area contributed by atoms with Gasteiger partial charge in [0.25, 0.3) is 5.91 Å². The number of carbonyl (C=O) groups excluding carboxylic acids is 1. The number of pyridine rings is 1. The predicted molar refractivity (Wildman–Crippen MR) is 110 cm³/mol. The molecule has 1 unspecified atom stereocenters. The summed E-state index contributed by atoms with van der Waals surface area (Å²) in [6.45, 7) is 2.32. The van der Waals surface area contributed by atoms with Crippen LogP contribution in [0, 0.1) is 0 Å². The average molecular weight is 399 g/mol. The van der Waals surface area contributed by atoms with Crippen LogP contribution in [0.3, 0.4) is 0 Å². The van der Waals surface area contributed by atoms with E-state index in [1.165, 1.54) is 18.5 Å². The SMILES string of the molecule is COc1ccc(CN(C)CC2(O)CCCN(C(=O)c3cncc(O)c3)CC2)cc1. The third kappa shape index (κ3) is 5.68. The molecular formula is C22H29N3O4. The lowest BCUT2D eigenvalue weighted by atomic mass is 9.94. The summed E-state index contributed by atoms with van der Waals surface area (Å²) < 4.78 is 5.19. The minimum atomic E-state index is -0.840. The molecule has 1 aromatic heterocycles. The Morgan fingerprint density at radius 1 is 1.24 bits per heavy atom. The molecule has 156 valence electrons. The highest BCUT2D eigenvalue weighted by molar-refractivity contribution is 5.94. The van der Waals surface area contributed by atoms with Gasteiger partial charge in [0.2, 0.25) is 0 Å². The van der Waals surface area contributed by atoms with Gasteiger partial charge in [-0.3, -0.25) is 14.7 Å². The van der Waals surface area contributed by atoms with Gasteiger partial charge in [-0.1, -0.05) is 12.1 Å². The van der Waals surface area contributed by atoms with E-state index >= 15 is 0 Å². The zero-order chi connectivity index (χ0) is 20.9. The van der Waals surface area contributed by atoms with Crippen LogP contribution in [0.15, 0.2) is 42.7 Å². The van der Waals surface area contributed by atoms with Gasteiger partial charge in [0.15, 0.2) is 0 Å². The minimum Gasteiger partial charge on any atom is -0.506 e. The lowest BCUT2D eigenvalue weighted by Crippen LogP contribution is -2.42. The van der Waals surface area contributed by atoms with E-state index in [0.29, 0.717) is 38.0 Å². The highest BCUT2D eigenvalue weighted by Gasteiger charge is 2.33. The number of likely N-dealkylation sites (tertiary alicyclic amines) is 1. The van der Waals surface area contributed by atoms with Gasteiger partial charge in [-0.05, 0) is 50.1 Å². The summed E-state index contributed by atoms with van der Waals surface area (Å²) in [5.74, 6) is 0.636. The molecule has 1 aliphatic heterocycles. The van der Waals surface area contributed by atoms with E-state index in [1.807, 2.05) is 31.3 Å². The molecule has 0 bridgehead atoms. The van der Waals surface area contributed by atoms with Gasteiger partial charge in [0, 0.05) is 32.4 Å². The van der Waals surface area contributed by atoms with Gasteiger partial charge >= 0.3 is 0 Å². The standard InChI is InChI=1S/C22H29N3O4/c1-24(15-17-4-6-20(29-2)7-5-17)16-22(28)8-3-10-25(11-9-22)21(27)18-12-19(26)14-23-13-18/h4-7,12-14,26,28H,3,8-11,15-16H2,1-2H3. The van der Waals surface area contributed by atoms with E-state index in [9.17, 15) is 15.0 Å². The van der Waals surface area contributed by atoms with Crippen LogP contribution < -0.4 is 4.74 Å². The first-order chi connectivity index (χ1) is 13.9. The van der Waals surface area contributed by atoms with Gasteiger partial charge in [0.1, 0.15) is 11.5 Å². The molecule has 2 N–H and O–H groups in total. The topological polar surface area (TPSA) is 86.1 Å². The maximum atomic E-state index is 12.7. The quantitative estimate of drug-likeness (QED) is 0.775. The zero-order valence-corrected chi connectivity index (χ0v) is 17.0. The summed E-state index contributed by atoms with van der Waals surface area (Å²) in [5, 5.41) is 20.7. The molecule has 1 aliphatic rings. The summed E-state index contributed by atoms with van der Waals surface area (Å²) in [4.78, 5) is 20.4. The van der Waals surface area contributed by atoms with Crippen molar-refractivity contribution in [2.75, 3.05) is 33.8 Å². The molecular weight excluding hydrogens is 370 g/mol. The van der Waals surface area contributed by atoms with Crippen LogP contribution in [-0.2, 0) is 6.54 Å². The first-order valence-corrected chi connectivity index (χ1v) is 9.86. The smallest absolute Gasteiger partial charge is 0.255 e. The van der Waals surface area contributed by atoms with Crippen LogP contribution in [0.5, 0.6) is 11.5 Å². The fraction of sp³-hybridized carbons (Fsp3) is 0.455. The van der Waals surface area contributed by atoms with Crippen LogP contribution in [0.2, 0.25) is 0 Å². The van der Waals surface area contributed by atoms with E-state index in [-0.39, 0.29) is 11.7 Å². The zero-order valence-electron chi connectivity index (χ0n) is 17.0. The van der Waals surface area contributed by atoms with Crippen molar-refractivity contribution in [3.8, 4) is 11.5 Å². The van der Waals surface area contributed by atoms with Crippen molar-refractivity contribution in [2.45, 2.75) is 31.4 Å². The Morgan fingerprint density at radius 3 is 2.69 bits per heavy atom. The molecule has 1 fully saturated rings. The molecule has 1 amide bonds. The van der Waals surface area contributed by atoms with E-state index in [4.69, 9.17) is 4.74 Å². The van der Waals surface area contributed by atoms with Crippen LogP contribution >= 0.6 is 0 Å². The molecule has 2 heterocycles. The maximum absolute atomic E-state index is 12.7. The van der Waals surface area contributed by atoms with Crippen molar-refractivity contribution in [1.82, 2.24) is 14.8 Å². The molecule has 1 aromatic carbocycles. The molecule has 0 spiro atoms. The first-order valence-electron chi connectivity index (χ1n) is 9.86. The number of aromatic hydroxyl groups is 1. The fourth-order valence-electron chi connectivity index (χ4n) is 3.87. The third-order valence-corrected chi connectivity index (χ3v) is 5.35. The van der Waals surface area contributed by atoms with Crippen LogP contribution in [0.4, 0.5) is 0 Å². The third-order valence-electron chi connectivity index (χ3n) is 5.35. The molecule has 7 heteroatoms. The number of aromatic nitrogens is 1. The number of nitrogens with zero attached hydrogens (tertiary/aromatic N) is 3. The van der Waals surface area contributed by atoms with Crippen molar-refractivity contribution < 1.29 is 19.7 Å². The minimum absolute atomic E-state index is 0.0256. The van der Waals surface area contributed by atoms with Crippen LogP contribution in [0.1, 0.15) is 35.2 Å². The molecule has 0 aliphatic carbocycles. The molecule has 1 atom stereocenters. The summed E-state index contributed by atoms with van der Waals surface area (Å²) in [7, 11) is 3.64. The number of hydrogen-bond donors (Lipinski definition) is 2. The molecule has 1 saturated heterocycles. The highest BCUT2D eigenvalue weighted by atomic mass is 16.5. The van der Waals surface area contributed by atoms with Crippen LogP contribution in [0.25, 0.3) is 0 Å². The van der Waals surface area contributed by atoms with Crippen LogP contribution in [-0.4, -0.2) is 70.3 Å². The van der Waals surface area contributed by atoms with Crippen molar-refractivity contribution >= 4 is 5.91 Å². The second kappa shape index (κ2) is 9.24. The maximum Gasteiger partial charge on any atom is 0.255 e. The van der Waals surface area contributed by atoms with E-state index in [1.54, 1.807) is 12.0 Å². The average Bonchev–Trinajstić information content (AvgIpc) is 2.89. The largest absolute Gasteiger partial charge is 0.506 e. The predicted octanol–water partition coefficient (Wildman–Crippen LogP) is 2.29. The lowest BCUT2D eigenvalue weighted by Gasteiger charge is -2.31. The monoisotopic (exact) mass is 399 g/mol. The molecule has 2 aromatic rings. The summed E-state index contributed by atoms with van der Waals surface area (Å²) in [6, 6.07) is 9.34. The van der Waals surface area contributed by atoms with E-state index in [2.05, 4.69) is 9.88 Å². The second-order valence-electron chi connectivity index (χ2n) is 7.82. The number of methoxy groups -OCH3 is 1. The molecule has 3 rings (SSSR count). The lowest BCUT2D eigenvalue weighted by molar-refractivity contribution is -0.00401. The molecule has 0 radical (unpaired) electrons. The summed E-state index contributed by atoms with van der Waals surface area (Å²) in [6.07, 6.45) is 4.64. The van der Waals surface area contributed by atoms with E-state index in [0.717, 1.165) is 24.3 Å². The number of hydrogen-bond acceptors (Lipinski definition) is 6. The van der Waals surface area contributed by atoms with Gasteiger partial charge in [0.05, 0.1) is 24.5 Å². The Kier molecular flexibility index (Phi) is 6.71. The van der Waals surface area contributed by atoms with Crippen molar-refractivity contribution in [1.29, 1.82) is 0 Å². The number of likely N-dealkylation sites (N-methyl/N-ethyl adjacent to an activating group) is 1. The molecule has 29 heavy (non-hydrogen) atoms. The normalized spacial score (nSPS) is 19.8. The van der Waals surface area contributed by atoms with Gasteiger partial charge < -0.3 is 19.8 Å². The Hall–Kier alpha value is -2.64. The Balaban J connectivity index is 1.57. The number of aliphatic hydroxyl groups is 1. The van der Waals surface area contributed by atoms with E-state index < -0.39 is 5.60 Å². The Labute approximate surface area is 171 Å². The molecule has 7 nitrogen and oxygen atoms in total. The van der Waals surface area contributed by atoms with Gasteiger partial charge in [-0.15, -0.1) is 0 Å². The fourth-order valence-corrected chi connectivity index (χ4v) is 3.87.